The number of hydrogen-bond acceptors (Lipinski definition) is 9. The molecule has 2 fully saturated rings. The Morgan fingerprint density at radius 1 is 1.13 bits per heavy atom. The average Bonchev–Trinajstić information content (AvgIpc) is 3.70. The molecule has 3 N–H and O–H groups in total. The number of halogens is 2. The van der Waals surface area contributed by atoms with Gasteiger partial charge in [0, 0.05) is 61.9 Å². The van der Waals surface area contributed by atoms with Gasteiger partial charge in [-0.3, -0.25) is 14.0 Å². The number of aliphatic hydroxyl groups is 1. The van der Waals surface area contributed by atoms with Gasteiger partial charge in [-0.1, -0.05) is 0 Å². The van der Waals surface area contributed by atoms with Crippen LogP contribution in [0.25, 0.3) is 16.9 Å². The van der Waals surface area contributed by atoms with Crippen LogP contribution in [0, 0.1) is 29.9 Å². The molecule has 46 heavy (non-hydrogen) atoms. The van der Waals surface area contributed by atoms with Crippen molar-refractivity contribution in [1.82, 2.24) is 29.5 Å². The molecule has 4 heterocycles. The molecule has 0 radical (unpaired) electrons. The number of aryl methyl sites for hydroxylation is 1. The number of hydrogen-bond donors (Lipinski definition) is 3. The first-order valence-electron chi connectivity index (χ1n) is 14.9. The molecule has 2 aromatic heterocycles. The molecule has 0 aliphatic carbocycles. The van der Waals surface area contributed by atoms with Crippen LogP contribution >= 0.6 is 0 Å². The van der Waals surface area contributed by atoms with Crippen LogP contribution in [0.15, 0.2) is 48.9 Å². The first kappa shape index (κ1) is 30.9. The summed E-state index contributed by atoms with van der Waals surface area (Å²) < 4.78 is 36.6. The Bertz CT molecular complexity index is 1850. The molecule has 0 spiro atoms. The summed E-state index contributed by atoms with van der Waals surface area (Å²) in [5, 5.41) is 24.9. The fourth-order valence-corrected chi connectivity index (χ4v) is 5.79. The number of nitrogens with zero attached hydrogens (tertiary/aromatic N) is 6. The summed E-state index contributed by atoms with van der Waals surface area (Å²) in [6.07, 6.45) is 3.42. The highest BCUT2D eigenvalue weighted by atomic mass is 19.2. The first-order valence-corrected chi connectivity index (χ1v) is 14.9. The number of piperazine rings is 1. The summed E-state index contributed by atoms with van der Waals surface area (Å²) in [4.78, 5) is 38.4. The number of aliphatic hydroxyl groups excluding tert-OH is 1. The molecule has 0 bridgehead atoms. The molecule has 2 aliphatic rings. The fraction of sp³-hybridized carbons (Fsp3) is 0.344. The van der Waals surface area contributed by atoms with E-state index in [4.69, 9.17) is 10.00 Å². The van der Waals surface area contributed by atoms with Gasteiger partial charge in [-0.15, -0.1) is 0 Å². The minimum Gasteiger partial charge on any atom is -0.473 e. The zero-order valence-corrected chi connectivity index (χ0v) is 25.2. The number of fused-ring (bicyclic) bond motifs is 1. The second kappa shape index (κ2) is 12.7. The van der Waals surface area contributed by atoms with Crippen LogP contribution in [0.4, 0.5) is 20.3 Å². The number of carbonyl (C=O) groups excluding carboxylic acids is 2. The van der Waals surface area contributed by atoms with Crippen molar-refractivity contribution in [3.63, 3.8) is 0 Å². The zero-order chi connectivity index (χ0) is 32.5. The van der Waals surface area contributed by atoms with E-state index in [1.54, 1.807) is 32.5 Å². The van der Waals surface area contributed by atoms with Crippen LogP contribution in [0.3, 0.4) is 0 Å². The van der Waals surface area contributed by atoms with Crippen LogP contribution < -0.4 is 15.4 Å². The second-order valence-corrected chi connectivity index (χ2v) is 11.4. The lowest BCUT2D eigenvalue weighted by Gasteiger charge is -2.36. The van der Waals surface area contributed by atoms with Gasteiger partial charge in [0.25, 0.3) is 5.91 Å². The molecule has 12 nitrogen and oxygen atoms in total. The number of amides is 2. The van der Waals surface area contributed by atoms with E-state index in [0.717, 1.165) is 5.56 Å². The molecule has 14 heteroatoms. The third-order valence-electron chi connectivity index (χ3n) is 8.24. The van der Waals surface area contributed by atoms with Crippen molar-refractivity contribution in [2.24, 2.45) is 0 Å². The number of nitriles is 1. The minimum absolute atomic E-state index is 0.0444. The van der Waals surface area contributed by atoms with E-state index in [1.807, 2.05) is 19.1 Å². The van der Waals surface area contributed by atoms with Gasteiger partial charge in [0.1, 0.15) is 6.07 Å². The van der Waals surface area contributed by atoms with Gasteiger partial charge in [0.05, 0.1) is 24.0 Å². The van der Waals surface area contributed by atoms with Crippen LogP contribution in [0.5, 0.6) is 5.75 Å². The zero-order valence-electron chi connectivity index (χ0n) is 25.2. The monoisotopic (exact) mass is 630 g/mol. The number of ether oxygens (including phenoxy) is 1. The number of imidazole rings is 1. The summed E-state index contributed by atoms with van der Waals surface area (Å²) in [6.45, 7) is 5.34. The molecule has 2 aromatic carbocycles. The SMILES string of the molecule is Cc1cc(Nc2nccn3c(-c4ccc(O[C@@H](C)C#N)c(F)c4F)cnc23)ccc1C(=O)N1CCN(C(=O)[C@@H]2C[C@@H](O)CN2)CC1. The minimum atomic E-state index is -1.20. The van der Waals surface area contributed by atoms with Gasteiger partial charge in [-0.2, -0.15) is 9.65 Å². The van der Waals surface area contributed by atoms with Gasteiger partial charge in [0.2, 0.25) is 11.7 Å². The molecular weight excluding hydrogens is 598 g/mol. The standard InChI is InChI=1S/C32H32F2N8O4/c1-18-13-20(3-4-22(18)31(44)40-9-11-41(12-10-40)32(45)24-14-21(43)16-37-24)39-29-30-38-17-25(42(30)8-7-36-29)23-5-6-26(28(34)27(23)33)46-19(2)15-35/h3-8,13,17,19,21,24,37,43H,9-12,14,16H2,1-2H3,(H,36,39)/t19-,21+,24-/m0/s1. The number of carbonyl (C=O) groups is 2. The molecule has 0 unspecified atom stereocenters. The van der Waals surface area contributed by atoms with Crippen molar-refractivity contribution in [2.45, 2.75) is 38.5 Å². The van der Waals surface area contributed by atoms with Crippen molar-refractivity contribution in [3.8, 4) is 23.1 Å². The summed E-state index contributed by atoms with van der Waals surface area (Å²) in [7, 11) is 0. The Morgan fingerprint density at radius 2 is 1.89 bits per heavy atom. The highest BCUT2D eigenvalue weighted by Gasteiger charge is 2.33. The predicted octanol–water partition coefficient (Wildman–Crippen LogP) is 3.02. The largest absolute Gasteiger partial charge is 0.473 e. The van der Waals surface area contributed by atoms with Gasteiger partial charge in [-0.25, -0.2) is 14.4 Å². The maximum atomic E-state index is 15.1. The van der Waals surface area contributed by atoms with E-state index in [2.05, 4.69) is 20.6 Å². The van der Waals surface area contributed by atoms with E-state index < -0.39 is 23.8 Å². The number of β-amino-alcohol motifs (C(OH)–C–C–N with tert-alkyl or cyclic N) is 1. The van der Waals surface area contributed by atoms with Crippen LogP contribution in [0.2, 0.25) is 0 Å². The van der Waals surface area contributed by atoms with E-state index in [-0.39, 0.29) is 34.9 Å². The van der Waals surface area contributed by atoms with Crippen molar-refractivity contribution < 1.29 is 28.2 Å². The van der Waals surface area contributed by atoms with E-state index in [9.17, 15) is 19.1 Å². The molecule has 2 saturated heterocycles. The summed E-state index contributed by atoms with van der Waals surface area (Å²) in [5.41, 5.74) is 2.52. The molecule has 2 aliphatic heterocycles. The Kier molecular flexibility index (Phi) is 8.53. The molecular formula is C32H32F2N8O4. The van der Waals surface area contributed by atoms with Gasteiger partial charge < -0.3 is 30.3 Å². The average molecular weight is 631 g/mol. The first-order chi connectivity index (χ1) is 22.1. The van der Waals surface area contributed by atoms with Crippen molar-refractivity contribution in [2.75, 3.05) is 38.0 Å². The Balaban J connectivity index is 1.15. The van der Waals surface area contributed by atoms with Crippen molar-refractivity contribution >= 4 is 29.0 Å². The Morgan fingerprint density at radius 3 is 2.59 bits per heavy atom. The molecule has 2 amide bonds. The van der Waals surface area contributed by atoms with Crippen molar-refractivity contribution in [1.29, 1.82) is 5.26 Å². The molecule has 4 aromatic rings. The lowest BCUT2D eigenvalue weighted by atomic mass is 10.1. The smallest absolute Gasteiger partial charge is 0.254 e. The number of aromatic nitrogens is 3. The highest BCUT2D eigenvalue weighted by molar-refractivity contribution is 5.96. The lowest BCUT2D eigenvalue weighted by molar-refractivity contribution is -0.134. The van der Waals surface area contributed by atoms with Crippen LogP contribution in [0.1, 0.15) is 29.3 Å². The van der Waals surface area contributed by atoms with Gasteiger partial charge in [-0.05, 0) is 56.2 Å². The van der Waals surface area contributed by atoms with Crippen LogP contribution in [-0.2, 0) is 4.79 Å². The maximum Gasteiger partial charge on any atom is 0.254 e. The Labute approximate surface area is 263 Å². The van der Waals surface area contributed by atoms with E-state index in [1.165, 1.54) is 31.5 Å². The van der Waals surface area contributed by atoms with E-state index in [0.29, 0.717) is 61.9 Å². The lowest BCUT2D eigenvalue weighted by Crippen LogP contribution is -2.54. The van der Waals surface area contributed by atoms with Crippen LogP contribution in [-0.4, -0.2) is 92.1 Å². The molecule has 3 atom stereocenters. The van der Waals surface area contributed by atoms with E-state index >= 15 is 4.39 Å². The second-order valence-electron chi connectivity index (χ2n) is 11.4. The molecule has 0 saturated carbocycles. The molecule has 6 rings (SSSR count). The number of benzene rings is 2. The number of rotatable bonds is 7. The fourth-order valence-electron chi connectivity index (χ4n) is 5.79. The summed E-state index contributed by atoms with van der Waals surface area (Å²) in [6, 6.07) is 9.36. The van der Waals surface area contributed by atoms with Gasteiger partial charge in [0.15, 0.2) is 29.1 Å². The number of nitrogens with one attached hydrogen (secondary N) is 2. The quantitative estimate of drug-likeness (QED) is 0.280. The predicted molar refractivity (Wildman–Crippen MR) is 163 cm³/mol. The number of anilines is 2. The topological polar surface area (TPSA) is 148 Å². The normalized spacial score (nSPS) is 18.8. The summed E-state index contributed by atoms with van der Waals surface area (Å²) >= 11 is 0. The maximum absolute atomic E-state index is 15.1. The highest BCUT2D eigenvalue weighted by Crippen LogP contribution is 2.32. The summed E-state index contributed by atoms with van der Waals surface area (Å²) in [5.74, 6) is -2.51. The van der Waals surface area contributed by atoms with Gasteiger partial charge >= 0.3 is 0 Å². The third-order valence-corrected chi connectivity index (χ3v) is 8.24. The molecule has 238 valence electrons. The third kappa shape index (κ3) is 5.94. The van der Waals surface area contributed by atoms with Crippen molar-refractivity contribution in [3.05, 3.63) is 71.7 Å². The Hall–Kier alpha value is -5.13.